The Morgan fingerprint density at radius 2 is 1.74 bits per heavy atom. The van der Waals surface area contributed by atoms with Gasteiger partial charge in [-0.05, 0) is 61.6 Å². The SMILES string of the molecule is O=C(CNC(=O)c1cccc(C(F)(F)F)c1)NC1CN([C@H]2CC[C@@](O)(c3ccc4c(c3)OCCO4)CC2)C1. The van der Waals surface area contributed by atoms with Gasteiger partial charge in [0.2, 0.25) is 5.91 Å². The van der Waals surface area contributed by atoms with Crippen LogP contribution in [0.25, 0.3) is 0 Å². The maximum Gasteiger partial charge on any atom is 0.416 e. The summed E-state index contributed by atoms with van der Waals surface area (Å²) >= 11 is 0. The third-order valence-corrected chi connectivity index (χ3v) is 7.51. The first-order valence-electron chi connectivity index (χ1n) is 12.7. The molecule has 1 aliphatic carbocycles. The van der Waals surface area contributed by atoms with E-state index in [4.69, 9.17) is 9.47 Å². The molecule has 2 aromatic rings. The number of alkyl halides is 3. The van der Waals surface area contributed by atoms with Crippen LogP contribution in [-0.2, 0) is 16.6 Å². The molecule has 204 valence electrons. The number of carbonyl (C=O) groups excluding carboxylic acids is 2. The fourth-order valence-corrected chi connectivity index (χ4v) is 5.35. The summed E-state index contributed by atoms with van der Waals surface area (Å²) in [4.78, 5) is 26.7. The lowest BCUT2D eigenvalue weighted by atomic mass is 9.76. The minimum absolute atomic E-state index is 0.0634. The molecule has 11 heteroatoms. The lowest BCUT2D eigenvalue weighted by molar-refractivity contribution is -0.137. The number of fused-ring (bicyclic) bond motifs is 1. The summed E-state index contributed by atoms with van der Waals surface area (Å²) in [5, 5.41) is 16.5. The zero-order valence-corrected chi connectivity index (χ0v) is 20.7. The van der Waals surface area contributed by atoms with E-state index in [0.717, 1.165) is 36.6 Å². The van der Waals surface area contributed by atoms with E-state index in [1.54, 1.807) is 0 Å². The fourth-order valence-electron chi connectivity index (χ4n) is 5.35. The number of amides is 2. The van der Waals surface area contributed by atoms with Crippen molar-refractivity contribution in [2.24, 2.45) is 0 Å². The molecule has 3 N–H and O–H groups in total. The van der Waals surface area contributed by atoms with Gasteiger partial charge in [-0.1, -0.05) is 12.1 Å². The maximum atomic E-state index is 12.9. The number of nitrogens with zero attached hydrogens (tertiary/aromatic N) is 1. The number of nitrogens with one attached hydrogen (secondary N) is 2. The van der Waals surface area contributed by atoms with Crippen LogP contribution in [0.4, 0.5) is 13.2 Å². The van der Waals surface area contributed by atoms with Gasteiger partial charge in [0.25, 0.3) is 5.91 Å². The summed E-state index contributed by atoms with van der Waals surface area (Å²) in [6.07, 6.45) is -1.68. The number of halogens is 3. The van der Waals surface area contributed by atoms with Gasteiger partial charge < -0.3 is 25.2 Å². The molecular formula is C27H30F3N3O5. The van der Waals surface area contributed by atoms with Gasteiger partial charge in [0, 0.05) is 24.7 Å². The van der Waals surface area contributed by atoms with Crippen LogP contribution in [0.15, 0.2) is 42.5 Å². The minimum atomic E-state index is -4.55. The Labute approximate surface area is 218 Å². The van der Waals surface area contributed by atoms with Crippen LogP contribution in [0, 0.1) is 0 Å². The highest BCUT2D eigenvalue weighted by Crippen LogP contribution is 2.42. The molecule has 0 atom stereocenters. The average Bonchev–Trinajstić information content (AvgIpc) is 2.89. The van der Waals surface area contributed by atoms with E-state index in [1.165, 1.54) is 6.07 Å². The average molecular weight is 534 g/mol. The van der Waals surface area contributed by atoms with E-state index in [2.05, 4.69) is 15.5 Å². The Hall–Kier alpha value is -3.31. The van der Waals surface area contributed by atoms with Gasteiger partial charge in [0.15, 0.2) is 11.5 Å². The molecule has 0 unspecified atom stereocenters. The smallest absolute Gasteiger partial charge is 0.416 e. The first kappa shape index (κ1) is 26.3. The molecule has 0 bridgehead atoms. The molecule has 0 spiro atoms. The molecule has 2 fully saturated rings. The van der Waals surface area contributed by atoms with Gasteiger partial charge in [-0.15, -0.1) is 0 Å². The first-order valence-corrected chi connectivity index (χ1v) is 12.7. The van der Waals surface area contributed by atoms with Crippen molar-refractivity contribution in [1.82, 2.24) is 15.5 Å². The number of likely N-dealkylation sites (tertiary alicyclic amines) is 1. The van der Waals surface area contributed by atoms with Crippen LogP contribution >= 0.6 is 0 Å². The predicted molar refractivity (Wildman–Crippen MR) is 131 cm³/mol. The molecule has 0 radical (unpaired) electrons. The van der Waals surface area contributed by atoms with E-state index in [-0.39, 0.29) is 18.2 Å². The molecule has 1 saturated heterocycles. The summed E-state index contributed by atoms with van der Waals surface area (Å²) in [5.74, 6) is 0.221. The molecule has 2 aliphatic heterocycles. The second-order valence-electron chi connectivity index (χ2n) is 10.1. The number of benzene rings is 2. The third-order valence-electron chi connectivity index (χ3n) is 7.51. The molecule has 2 amide bonds. The highest BCUT2D eigenvalue weighted by molar-refractivity contribution is 5.96. The van der Waals surface area contributed by atoms with Gasteiger partial charge in [-0.2, -0.15) is 13.2 Å². The van der Waals surface area contributed by atoms with E-state index in [0.29, 0.717) is 56.7 Å². The Kier molecular flexibility index (Phi) is 7.23. The van der Waals surface area contributed by atoms with Gasteiger partial charge in [-0.25, -0.2) is 0 Å². The van der Waals surface area contributed by atoms with Gasteiger partial charge in [0.1, 0.15) is 13.2 Å². The molecule has 38 heavy (non-hydrogen) atoms. The molecular weight excluding hydrogens is 503 g/mol. The standard InChI is InChI=1S/C27H30F3N3O5/c28-27(29,30)19-3-1-2-17(12-19)25(35)31-14-24(34)32-20-15-33(16-20)21-6-8-26(36,9-7-21)18-4-5-22-23(13-18)38-11-10-37-22/h1-5,12-13,20-21,36H,6-11,14-16H2,(H,31,35)(H,32,34)/t21-,26-. The van der Waals surface area contributed by atoms with Gasteiger partial charge in [0.05, 0.1) is 23.8 Å². The third kappa shape index (κ3) is 5.73. The topological polar surface area (TPSA) is 100 Å². The van der Waals surface area contributed by atoms with E-state index < -0.39 is 29.2 Å². The number of hydrogen-bond acceptors (Lipinski definition) is 6. The van der Waals surface area contributed by atoms with Crippen LogP contribution in [0.2, 0.25) is 0 Å². The lowest BCUT2D eigenvalue weighted by Gasteiger charge is -2.48. The van der Waals surface area contributed by atoms with Crippen molar-refractivity contribution in [3.8, 4) is 11.5 Å². The van der Waals surface area contributed by atoms with Gasteiger partial charge >= 0.3 is 6.18 Å². The zero-order chi connectivity index (χ0) is 26.9. The van der Waals surface area contributed by atoms with Crippen molar-refractivity contribution in [1.29, 1.82) is 0 Å². The molecule has 2 heterocycles. The number of carbonyl (C=O) groups is 2. The highest BCUT2D eigenvalue weighted by atomic mass is 19.4. The Morgan fingerprint density at radius 1 is 1.03 bits per heavy atom. The molecule has 0 aromatic heterocycles. The normalized spacial score (nSPS) is 23.8. The molecule has 2 aromatic carbocycles. The Balaban J connectivity index is 1.04. The first-order chi connectivity index (χ1) is 18.1. The van der Waals surface area contributed by atoms with Crippen LogP contribution in [0.5, 0.6) is 11.5 Å². The van der Waals surface area contributed by atoms with Crippen LogP contribution in [-0.4, -0.2) is 66.8 Å². The predicted octanol–water partition coefficient (Wildman–Crippen LogP) is 2.84. The second-order valence-corrected chi connectivity index (χ2v) is 10.1. The van der Waals surface area contributed by atoms with Crippen molar-refractivity contribution >= 4 is 11.8 Å². The van der Waals surface area contributed by atoms with Crippen molar-refractivity contribution < 1.29 is 37.3 Å². The van der Waals surface area contributed by atoms with Crippen molar-refractivity contribution in [2.45, 2.75) is 49.5 Å². The van der Waals surface area contributed by atoms with Crippen molar-refractivity contribution in [3.63, 3.8) is 0 Å². The molecule has 1 saturated carbocycles. The lowest BCUT2D eigenvalue weighted by Crippen LogP contribution is -2.63. The van der Waals surface area contributed by atoms with Gasteiger partial charge in [-0.3, -0.25) is 14.5 Å². The number of ether oxygens (including phenoxy) is 2. The quantitative estimate of drug-likeness (QED) is 0.528. The van der Waals surface area contributed by atoms with Crippen molar-refractivity contribution in [2.75, 3.05) is 32.8 Å². The number of aliphatic hydroxyl groups is 1. The summed E-state index contributed by atoms with van der Waals surface area (Å²) in [6, 6.07) is 9.93. The number of hydrogen-bond donors (Lipinski definition) is 3. The maximum absolute atomic E-state index is 12.9. The van der Waals surface area contributed by atoms with Crippen LogP contribution in [0.3, 0.4) is 0 Å². The number of rotatable bonds is 6. The Bertz CT molecular complexity index is 1190. The zero-order valence-electron chi connectivity index (χ0n) is 20.7. The molecule has 8 nitrogen and oxygen atoms in total. The van der Waals surface area contributed by atoms with E-state index in [1.807, 2.05) is 18.2 Å². The molecule has 5 rings (SSSR count). The van der Waals surface area contributed by atoms with Crippen LogP contribution < -0.4 is 20.1 Å². The summed E-state index contributed by atoms with van der Waals surface area (Å²) in [5.41, 5.74) is -1.16. The molecule has 3 aliphatic rings. The minimum Gasteiger partial charge on any atom is -0.486 e. The monoisotopic (exact) mass is 533 g/mol. The largest absolute Gasteiger partial charge is 0.486 e. The fraction of sp³-hybridized carbons (Fsp3) is 0.481. The van der Waals surface area contributed by atoms with E-state index in [9.17, 15) is 27.9 Å². The van der Waals surface area contributed by atoms with Crippen molar-refractivity contribution in [3.05, 3.63) is 59.2 Å². The highest BCUT2D eigenvalue weighted by Gasteiger charge is 2.41. The second kappa shape index (κ2) is 10.5. The summed E-state index contributed by atoms with van der Waals surface area (Å²) < 4.78 is 49.8. The van der Waals surface area contributed by atoms with E-state index >= 15 is 0 Å². The summed E-state index contributed by atoms with van der Waals surface area (Å²) in [7, 11) is 0. The Morgan fingerprint density at radius 3 is 2.45 bits per heavy atom. The van der Waals surface area contributed by atoms with Crippen LogP contribution in [0.1, 0.15) is 47.2 Å². The summed E-state index contributed by atoms with van der Waals surface area (Å²) in [6.45, 7) is 2.02.